The van der Waals surface area contributed by atoms with Gasteiger partial charge in [0.15, 0.2) is 5.52 Å². The molecule has 1 N–H and O–H groups in total. The highest BCUT2D eigenvalue weighted by Crippen LogP contribution is 2.33. The number of benzene rings is 1. The average molecular weight is 279 g/mol. The van der Waals surface area contributed by atoms with E-state index in [9.17, 15) is 9.90 Å². The highest BCUT2D eigenvalue weighted by Gasteiger charge is 2.25. The van der Waals surface area contributed by atoms with Crippen molar-refractivity contribution in [3.8, 4) is 17.0 Å². The van der Waals surface area contributed by atoms with E-state index in [-0.39, 0.29) is 17.4 Å². The number of rotatable bonds is 2. The maximum absolute atomic E-state index is 12.5. The predicted molar refractivity (Wildman–Crippen MR) is 79.2 cm³/mol. The SMILES string of the molecule is O=c1c2nc(-c3cccc(O)c3)ccc2ncn1C1CC1. The van der Waals surface area contributed by atoms with Crippen LogP contribution in [0.15, 0.2) is 47.5 Å². The molecule has 0 saturated heterocycles. The van der Waals surface area contributed by atoms with Crippen LogP contribution in [0.3, 0.4) is 0 Å². The topological polar surface area (TPSA) is 68.0 Å². The second kappa shape index (κ2) is 4.41. The van der Waals surface area contributed by atoms with Gasteiger partial charge in [-0.15, -0.1) is 0 Å². The van der Waals surface area contributed by atoms with Gasteiger partial charge in [-0.05, 0) is 37.1 Å². The number of phenolic OH excluding ortho intramolecular Hbond substituents is 1. The van der Waals surface area contributed by atoms with Crippen LogP contribution in [0, 0.1) is 0 Å². The van der Waals surface area contributed by atoms with Gasteiger partial charge in [-0.25, -0.2) is 9.97 Å². The standard InChI is InChI=1S/C16H13N3O2/c20-12-3-1-2-10(8-12)13-6-7-14-15(18-13)16(21)19(9-17-14)11-4-5-11/h1-3,6-9,11,20H,4-5H2. The molecule has 0 aliphatic heterocycles. The summed E-state index contributed by atoms with van der Waals surface area (Å²) in [7, 11) is 0. The molecule has 5 heteroatoms. The molecule has 1 aromatic carbocycles. The third-order valence-electron chi connectivity index (χ3n) is 3.71. The first-order valence-corrected chi connectivity index (χ1v) is 6.90. The van der Waals surface area contributed by atoms with Crippen molar-refractivity contribution in [2.45, 2.75) is 18.9 Å². The van der Waals surface area contributed by atoms with Crippen LogP contribution in [0.5, 0.6) is 5.75 Å². The molecular weight excluding hydrogens is 266 g/mol. The number of phenols is 1. The van der Waals surface area contributed by atoms with Crippen LogP contribution in [-0.4, -0.2) is 19.6 Å². The molecule has 0 spiro atoms. The lowest BCUT2D eigenvalue weighted by molar-refractivity contribution is 0.475. The van der Waals surface area contributed by atoms with Gasteiger partial charge in [0.1, 0.15) is 5.75 Å². The summed E-state index contributed by atoms with van der Waals surface area (Å²) in [6, 6.07) is 10.7. The van der Waals surface area contributed by atoms with Crippen molar-refractivity contribution in [1.29, 1.82) is 0 Å². The highest BCUT2D eigenvalue weighted by molar-refractivity contribution is 5.77. The first kappa shape index (κ1) is 12.1. The Bertz CT molecular complexity index is 897. The van der Waals surface area contributed by atoms with Crippen molar-refractivity contribution in [3.63, 3.8) is 0 Å². The molecule has 0 radical (unpaired) electrons. The molecule has 4 rings (SSSR count). The van der Waals surface area contributed by atoms with Crippen molar-refractivity contribution in [1.82, 2.24) is 14.5 Å². The summed E-state index contributed by atoms with van der Waals surface area (Å²) >= 11 is 0. The molecule has 0 unspecified atom stereocenters. The molecule has 0 bridgehead atoms. The zero-order chi connectivity index (χ0) is 14.4. The van der Waals surface area contributed by atoms with E-state index in [4.69, 9.17) is 0 Å². The van der Waals surface area contributed by atoms with Crippen molar-refractivity contribution >= 4 is 11.0 Å². The Hall–Kier alpha value is -2.69. The highest BCUT2D eigenvalue weighted by atomic mass is 16.3. The van der Waals surface area contributed by atoms with Crippen LogP contribution in [0.2, 0.25) is 0 Å². The third-order valence-corrected chi connectivity index (χ3v) is 3.71. The minimum Gasteiger partial charge on any atom is -0.508 e. The van der Waals surface area contributed by atoms with Gasteiger partial charge in [0.25, 0.3) is 5.56 Å². The fraction of sp³-hybridized carbons (Fsp3) is 0.188. The number of aromatic nitrogens is 3. The van der Waals surface area contributed by atoms with E-state index in [1.54, 1.807) is 35.2 Å². The van der Waals surface area contributed by atoms with Gasteiger partial charge in [0.2, 0.25) is 0 Å². The van der Waals surface area contributed by atoms with Gasteiger partial charge in [0, 0.05) is 11.6 Å². The molecule has 1 aliphatic rings. The smallest absolute Gasteiger partial charge is 0.280 e. The van der Waals surface area contributed by atoms with Crippen molar-refractivity contribution in [2.75, 3.05) is 0 Å². The normalized spacial score (nSPS) is 14.5. The summed E-state index contributed by atoms with van der Waals surface area (Å²) in [6.45, 7) is 0. The van der Waals surface area contributed by atoms with Crippen LogP contribution >= 0.6 is 0 Å². The van der Waals surface area contributed by atoms with Gasteiger partial charge in [-0.1, -0.05) is 12.1 Å². The quantitative estimate of drug-likeness (QED) is 0.782. The Kier molecular flexibility index (Phi) is 2.54. The van der Waals surface area contributed by atoms with Gasteiger partial charge in [-0.3, -0.25) is 9.36 Å². The minimum absolute atomic E-state index is 0.0931. The first-order valence-electron chi connectivity index (χ1n) is 6.90. The Morgan fingerprint density at radius 2 is 2.05 bits per heavy atom. The fourth-order valence-corrected chi connectivity index (χ4v) is 2.45. The monoisotopic (exact) mass is 279 g/mol. The summed E-state index contributed by atoms with van der Waals surface area (Å²) in [5, 5.41) is 9.56. The molecule has 0 atom stereocenters. The molecule has 2 aromatic heterocycles. The zero-order valence-electron chi connectivity index (χ0n) is 11.2. The number of hydrogen-bond acceptors (Lipinski definition) is 4. The second-order valence-corrected chi connectivity index (χ2v) is 5.30. The van der Waals surface area contributed by atoms with Gasteiger partial charge >= 0.3 is 0 Å². The molecule has 104 valence electrons. The minimum atomic E-state index is -0.0931. The predicted octanol–water partition coefficient (Wildman–Crippen LogP) is 2.50. The molecule has 1 saturated carbocycles. The van der Waals surface area contributed by atoms with E-state index in [1.807, 2.05) is 12.1 Å². The Balaban J connectivity index is 1.92. The van der Waals surface area contributed by atoms with E-state index in [1.165, 1.54) is 0 Å². The Morgan fingerprint density at radius 3 is 2.81 bits per heavy atom. The number of fused-ring (bicyclic) bond motifs is 1. The van der Waals surface area contributed by atoms with Crippen LogP contribution in [0.25, 0.3) is 22.3 Å². The summed E-state index contributed by atoms with van der Waals surface area (Å²) in [5.41, 5.74) is 2.32. The first-order chi connectivity index (χ1) is 10.2. The lowest BCUT2D eigenvalue weighted by atomic mass is 10.1. The molecule has 3 aromatic rings. The number of aromatic hydroxyl groups is 1. The molecule has 1 fully saturated rings. The van der Waals surface area contributed by atoms with E-state index >= 15 is 0 Å². The van der Waals surface area contributed by atoms with E-state index in [2.05, 4.69) is 9.97 Å². The third kappa shape index (κ3) is 2.07. The number of pyridine rings is 1. The lowest BCUT2D eigenvalue weighted by Gasteiger charge is -2.06. The van der Waals surface area contributed by atoms with E-state index in [0.29, 0.717) is 16.7 Å². The van der Waals surface area contributed by atoms with Crippen LogP contribution in [-0.2, 0) is 0 Å². The maximum atomic E-state index is 12.5. The molecule has 2 heterocycles. The van der Waals surface area contributed by atoms with Crippen LogP contribution in [0.4, 0.5) is 0 Å². The van der Waals surface area contributed by atoms with Crippen LogP contribution in [0.1, 0.15) is 18.9 Å². The zero-order valence-corrected chi connectivity index (χ0v) is 11.2. The molecule has 5 nitrogen and oxygen atoms in total. The van der Waals surface area contributed by atoms with Gasteiger partial charge < -0.3 is 5.11 Å². The largest absolute Gasteiger partial charge is 0.508 e. The summed E-state index contributed by atoms with van der Waals surface area (Å²) in [5.74, 6) is 0.177. The number of nitrogens with zero attached hydrogens (tertiary/aromatic N) is 3. The van der Waals surface area contributed by atoms with E-state index < -0.39 is 0 Å². The Labute approximate surface area is 120 Å². The number of hydrogen-bond donors (Lipinski definition) is 1. The van der Waals surface area contributed by atoms with Crippen molar-refractivity contribution in [2.24, 2.45) is 0 Å². The molecule has 21 heavy (non-hydrogen) atoms. The van der Waals surface area contributed by atoms with Crippen molar-refractivity contribution < 1.29 is 5.11 Å². The Morgan fingerprint density at radius 1 is 1.19 bits per heavy atom. The molecular formula is C16H13N3O2. The van der Waals surface area contributed by atoms with Gasteiger partial charge in [0.05, 0.1) is 17.5 Å². The van der Waals surface area contributed by atoms with Gasteiger partial charge in [-0.2, -0.15) is 0 Å². The second-order valence-electron chi connectivity index (χ2n) is 5.30. The maximum Gasteiger partial charge on any atom is 0.280 e. The summed E-state index contributed by atoms with van der Waals surface area (Å²) in [6.07, 6.45) is 3.66. The summed E-state index contributed by atoms with van der Waals surface area (Å²) in [4.78, 5) is 21.2. The lowest BCUT2D eigenvalue weighted by Crippen LogP contribution is -2.20. The van der Waals surface area contributed by atoms with Crippen molar-refractivity contribution in [3.05, 3.63) is 53.1 Å². The average Bonchev–Trinajstić information content (AvgIpc) is 3.32. The molecule has 1 aliphatic carbocycles. The molecule has 0 amide bonds. The summed E-state index contributed by atoms with van der Waals surface area (Å²) < 4.78 is 1.67. The van der Waals surface area contributed by atoms with E-state index in [0.717, 1.165) is 18.4 Å². The fourth-order valence-electron chi connectivity index (χ4n) is 2.45. The van der Waals surface area contributed by atoms with Crippen LogP contribution < -0.4 is 5.56 Å².